The van der Waals surface area contributed by atoms with Gasteiger partial charge in [0.1, 0.15) is 171 Å². The van der Waals surface area contributed by atoms with Crippen LogP contribution in [0.1, 0.15) is 222 Å². The summed E-state index contributed by atoms with van der Waals surface area (Å²) in [6.45, 7) is 6.00. The summed E-state index contributed by atoms with van der Waals surface area (Å²) in [6.07, 6.45) is -13.5. The average molecular weight is 2020 g/mol. The molecule has 0 aromatic heterocycles. The van der Waals surface area contributed by atoms with E-state index in [0.29, 0.717) is 12.8 Å². The summed E-state index contributed by atoms with van der Waals surface area (Å²) in [4.78, 5) is 75.6. The monoisotopic (exact) mass is 2020 g/mol. The van der Waals surface area contributed by atoms with E-state index in [1.807, 2.05) is 0 Å². The zero-order valence-corrected chi connectivity index (χ0v) is 82.5. The largest absolute Gasteiger partial charge is 0.394 e. The first-order valence-corrected chi connectivity index (χ1v) is 50.0. The molecule has 20 unspecified atom stereocenters. The first-order chi connectivity index (χ1) is 67.1. The van der Waals surface area contributed by atoms with Crippen LogP contribution in [-0.4, -0.2) is 428 Å². The van der Waals surface area contributed by atoms with Crippen LogP contribution in [-0.2, 0) is 105 Å². The summed E-state index contributed by atoms with van der Waals surface area (Å²) in [7, 11) is 2.57. The lowest BCUT2D eigenvalue weighted by molar-refractivity contribution is -0.367. The molecule has 0 radical (unpaired) electrons. The van der Waals surface area contributed by atoms with Gasteiger partial charge in [-0.25, -0.2) is 0 Å². The Labute approximate surface area is 819 Å². The van der Waals surface area contributed by atoms with Crippen LogP contribution in [0.3, 0.4) is 0 Å². The lowest BCUT2D eigenvalue weighted by Crippen LogP contribution is -2.70. The van der Waals surface area contributed by atoms with E-state index >= 15 is 0 Å². The van der Waals surface area contributed by atoms with Crippen LogP contribution < -0.4 is 31.9 Å². The van der Waals surface area contributed by atoms with Crippen LogP contribution in [0.2, 0.25) is 0 Å². The molecule has 8 aliphatic rings. The minimum Gasteiger partial charge on any atom is -0.394 e. The molecule has 8 rings (SSSR count). The Balaban J connectivity index is 0.000000381. The molecule has 0 aromatic carbocycles. The standard InChI is InChI=1S/C48H85N3O20.C46H81N3O20/c1-6-7-8-9-10-11-12-13-14-15-16-17-18-19-20-21-33(58)51-34-39(61)38(60)29(22-52)65-47(34)71-44-32(25-55)68-48(36(41(44)63)50-28(4)57)70-42-30(23-53)66-45(26(2)37(42)59)69-43-31(24-54)67-46(64-5)35(40(43)62)49-27(3)56;1-6-7-8-9-10-11-12-13-14-15-16-17-18-19-31(56)49-32-37(59)36(58)27(20-50)63-45(32)69-42-30(23-53)66-46(34(39(42)61)48-26(4)55)68-40-28(21-51)64-43(24(2)35(40)57)67-41-29(22-52)65-44(62-5)33(38(41)60)47-25(3)54/h11-12,26,29-32,34-48,52-55,59-63H,6-10,13-25H2,1-5H3,(H,49,56)(H,50,57)(H,51,58);11-12,24,27-30,32-46,50-53,57-61H,6-10,13-23H2,1-5H3,(H,47,54)(H,48,55)(H,49,56)/b2*12-11-/t26-,29?,30?,31?,32?,34-,35+,36+,37+,38?,39+,40?,41?,42?,43-,44-,45?,46-,47?,48+;24-,27?,28?,29?,30?,32-,33+,34+,35+,36?,37+,38?,39?,40?,41-,42-,43?,44-,45?,46+/m00/s1. The average Bonchev–Trinajstić information content (AvgIpc) is 0.798. The summed E-state index contributed by atoms with van der Waals surface area (Å²) >= 11 is 0. The lowest BCUT2D eigenvalue weighted by atomic mass is 9.90. The zero-order chi connectivity index (χ0) is 103. The van der Waals surface area contributed by atoms with Gasteiger partial charge in [0.2, 0.25) is 35.4 Å². The fourth-order valence-electron chi connectivity index (χ4n) is 18.7. The van der Waals surface area contributed by atoms with Crippen LogP contribution in [0.15, 0.2) is 24.3 Å². The number of hydrogen-bond acceptors (Lipinski definition) is 40. The van der Waals surface area contributed by atoms with Crippen LogP contribution in [0.5, 0.6) is 0 Å². The van der Waals surface area contributed by atoms with Crippen molar-refractivity contribution < 1.29 is 196 Å². The topological polar surface area (TPSA) is 686 Å². The van der Waals surface area contributed by atoms with Crippen molar-refractivity contribution in [2.45, 2.75) is 455 Å². The molecule has 0 bridgehead atoms. The third kappa shape index (κ3) is 35.6. The van der Waals surface area contributed by atoms with Gasteiger partial charge in [-0.2, -0.15) is 0 Å². The van der Waals surface area contributed by atoms with Crippen molar-refractivity contribution in [2.24, 2.45) is 11.8 Å². The Morgan fingerprint density at radius 2 is 0.450 bits per heavy atom. The van der Waals surface area contributed by atoms with Crippen molar-refractivity contribution in [1.82, 2.24) is 31.9 Å². The SMILES string of the molecule is CCCCCC/C=C\CCCCCCCC(=O)N[C@@H]1C(O[C@H]2C(CO)O[C@H](OC3C(CO)OC(O[C@H]4C(CO)O[C@H](OC)[C@H](NC(C)=O)C4O)[C@@H](C)[C@H]3O)[C@H](NC(C)=O)C2O)OC(CO)C(O)[C@@H]1O.CCCCCC/C=C\CCCCCCCCCC(=O)N[C@@H]1C(O[C@H]2C(CO)O[C@H](OC3C(CO)OC(O[C@H]4C(CO)O[C@H](OC)[C@H](NC(C)=O)C4O)[C@@H](C)[C@H]3O)[C@H](NC(C)=O)C2O)OC(CO)C(O)[C@@H]1O. The minimum absolute atomic E-state index is 0.0796. The summed E-state index contributed by atoms with van der Waals surface area (Å²) in [5, 5.41) is 212. The first kappa shape index (κ1) is 122. The van der Waals surface area contributed by atoms with Crippen LogP contribution in [0.4, 0.5) is 0 Å². The molecule has 8 fully saturated rings. The van der Waals surface area contributed by atoms with E-state index in [0.717, 1.165) is 104 Å². The van der Waals surface area contributed by atoms with Crippen molar-refractivity contribution in [3.05, 3.63) is 24.3 Å². The molecule has 0 saturated carbocycles. The second-order valence-corrected chi connectivity index (χ2v) is 37.6. The van der Waals surface area contributed by atoms with Crippen molar-refractivity contribution >= 4 is 35.4 Å². The summed E-state index contributed by atoms with van der Waals surface area (Å²) in [5.74, 6) is -5.39. The van der Waals surface area contributed by atoms with Gasteiger partial charge in [-0.3, -0.25) is 28.8 Å². The first-order valence-electron chi connectivity index (χ1n) is 50.0. The van der Waals surface area contributed by atoms with E-state index in [9.17, 15) is 121 Å². The maximum absolute atomic E-state index is 13.3. The molecule has 24 N–H and O–H groups in total. The summed E-state index contributed by atoms with van der Waals surface area (Å²) in [5.41, 5.74) is 0. The molecule has 8 heterocycles. The van der Waals surface area contributed by atoms with Gasteiger partial charge in [-0.1, -0.05) is 142 Å². The quantitative estimate of drug-likeness (QED) is 0.0207. The van der Waals surface area contributed by atoms with Crippen molar-refractivity contribution in [1.29, 1.82) is 0 Å². The van der Waals surface area contributed by atoms with Crippen LogP contribution in [0.25, 0.3) is 0 Å². The number of aliphatic hydroxyl groups excluding tert-OH is 18. The third-order valence-corrected chi connectivity index (χ3v) is 26.7. The minimum atomic E-state index is -1.80. The number of carbonyl (C=O) groups excluding carboxylic acids is 6. The highest BCUT2D eigenvalue weighted by atomic mass is 16.8. The van der Waals surface area contributed by atoms with Gasteiger partial charge >= 0.3 is 0 Å². The molecule has 46 nitrogen and oxygen atoms in total. The summed E-state index contributed by atoms with van der Waals surface area (Å²) < 4.78 is 94.7. The van der Waals surface area contributed by atoms with E-state index in [-0.39, 0.29) is 12.8 Å². The highest BCUT2D eigenvalue weighted by molar-refractivity contribution is 5.77. The molecule has 8 saturated heterocycles. The van der Waals surface area contributed by atoms with Gasteiger partial charge in [0.25, 0.3) is 0 Å². The molecule has 0 aliphatic carbocycles. The Morgan fingerprint density at radius 3 is 0.693 bits per heavy atom. The number of nitrogens with one attached hydrogen (secondary N) is 6. The van der Waals surface area contributed by atoms with Gasteiger partial charge < -0.3 is 200 Å². The molecule has 812 valence electrons. The third-order valence-electron chi connectivity index (χ3n) is 26.7. The predicted octanol–water partition coefficient (Wildman–Crippen LogP) is -3.52. The number of hydrogen-bond donors (Lipinski definition) is 24. The number of amides is 6. The van der Waals surface area contributed by atoms with Gasteiger partial charge in [0, 0.05) is 66.6 Å². The molecule has 0 aromatic rings. The van der Waals surface area contributed by atoms with E-state index in [2.05, 4.69) is 70.1 Å². The van der Waals surface area contributed by atoms with Crippen LogP contribution >= 0.6 is 0 Å². The molecule has 6 amide bonds. The zero-order valence-electron chi connectivity index (χ0n) is 82.5. The maximum atomic E-state index is 13.3. The highest BCUT2D eigenvalue weighted by Crippen LogP contribution is 2.41. The van der Waals surface area contributed by atoms with E-state index in [1.165, 1.54) is 93.3 Å². The number of unbranched alkanes of at least 4 members (excludes halogenated alkanes) is 20. The van der Waals surface area contributed by atoms with Crippen molar-refractivity contribution in [3.8, 4) is 0 Å². The van der Waals surface area contributed by atoms with Crippen LogP contribution in [0, 0.1) is 11.8 Å². The number of aliphatic hydroxyl groups is 18. The van der Waals surface area contributed by atoms with Crippen molar-refractivity contribution in [3.63, 3.8) is 0 Å². The Morgan fingerprint density at radius 1 is 0.250 bits per heavy atom. The van der Waals surface area contributed by atoms with E-state index in [1.54, 1.807) is 0 Å². The van der Waals surface area contributed by atoms with Gasteiger partial charge in [-0.05, 0) is 64.2 Å². The molecular formula is C94H166N6O40. The van der Waals surface area contributed by atoms with Crippen molar-refractivity contribution in [2.75, 3.05) is 67.1 Å². The smallest absolute Gasteiger partial charge is 0.220 e. The molecule has 0 spiro atoms. The maximum Gasteiger partial charge on any atom is 0.220 e. The van der Waals surface area contributed by atoms with E-state index < -0.39 is 333 Å². The molecule has 40 atom stereocenters. The molecular weight excluding hydrogens is 1850 g/mol. The Hall–Kier alpha value is -5.06. The fourth-order valence-corrected chi connectivity index (χ4v) is 18.7. The normalized spacial score (nSPS) is 38.1. The number of allylic oxidation sites excluding steroid dienone is 4. The highest BCUT2D eigenvalue weighted by Gasteiger charge is 2.60. The molecule has 8 aliphatic heterocycles. The second kappa shape index (κ2) is 63.6. The number of ether oxygens (including phenoxy) is 16. The second-order valence-electron chi connectivity index (χ2n) is 37.6. The van der Waals surface area contributed by atoms with Gasteiger partial charge in [0.15, 0.2) is 50.3 Å². The van der Waals surface area contributed by atoms with Gasteiger partial charge in [0.05, 0.1) is 65.1 Å². The molecule has 46 heteroatoms. The lowest BCUT2D eigenvalue weighted by Gasteiger charge is -2.50. The number of methoxy groups -OCH3 is 2. The van der Waals surface area contributed by atoms with E-state index in [4.69, 9.17) is 75.8 Å². The Kier molecular flexibility index (Phi) is 55.4. The Bertz CT molecular complexity index is 3580. The molecule has 140 heavy (non-hydrogen) atoms. The fraction of sp³-hybridized carbons (Fsp3) is 0.894. The summed E-state index contributed by atoms with van der Waals surface area (Å²) in [6, 6.07) is -8.18. The predicted molar refractivity (Wildman–Crippen MR) is 492 cm³/mol. The van der Waals surface area contributed by atoms with Gasteiger partial charge in [-0.15, -0.1) is 0 Å². The number of rotatable bonds is 56. The number of carbonyl (C=O) groups is 6.